The maximum absolute atomic E-state index is 12.4. The summed E-state index contributed by atoms with van der Waals surface area (Å²) >= 11 is 0. The van der Waals surface area contributed by atoms with E-state index in [1.165, 1.54) is 17.7 Å². The fourth-order valence-corrected chi connectivity index (χ4v) is 3.84. The van der Waals surface area contributed by atoms with Crippen LogP contribution in [-0.2, 0) is 9.59 Å². The van der Waals surface area contributed by atoms with Crippen LogP contribution in [0.5, 0.6) is 0 Å². The van der Waals surface area contributed by atoms with E-state index < -0.39 is 18.1 Å². The van der Waals surface area contributed by atoms with Crippen LogP contribution in [0.1, 0.15) is 32.1 Å². The standard InChI is InChI=1S/C13H19NO4/c15-7-5-10(13(17)18)14(6-7)12(16)11-8-3-1-2-4-9(8)11/h7-11,15H,1-6H2,(H,17,18)/t7-,8?,9?,10+,11?/m1/s1. The van der Waals surface area contributed by atoms with E-state index in [-0.39, 0.29) is 24.8 Å². The van der Waals surface area contributed by atoms with Crippen LogP contribution in [-0.4, -0.2) is 45.7 Å². The van der Waals surface area contributed by atoms with Gasteiger partial charge in [0.1, 0.15) is 6.04 Å². The topological polar surface area (TPSA) is 77.8 Å². The number of fused-ring (bicyclic) bond motifs is 1. The van der Waals surface area contributed by atoms with Crippen molar-refractivity contribution in [2.24, 2.45) is 17.8 Å². The smallest absolute Gasteiger partial charge is 0.326 e. The van der Waals surface area contributed by atoms with Gasteiger partial charge < -0.3 is 15.1 Å². The van der Waals surface area contributed by atoms with Crippen LogP contribution in [0.15, 0.2) is 0 Å². The number of likely N-dealkylation sites (tertiary alicyclic amines) is 1. The molecule has 1 amide bonds. The second kappa shape index (κ2) is 4.23. The monoisotopic (exact) mass is 253 g/mol. The highest BCUT2D eigenvalue weighted by Crippen LogP contribution is 2.56. The number of carbonyl (C=O) groups is 2. The Balaban J connectivity index is 1.70. The molecule has 0 aromatic heterocycles. The van der Waals surface area contributed by atoms with Gasteiger partial charge in [0, 0.05) is 18.9 Å². The predicted molar refractivity (Wildman–Crippen MR) is 62.7 cm³/mol. The number of amides is 1. The third kappa shape index (κ3) is 1.81. The van der Waals surface area contributed by atoms with Crippen LogP contribution in [0.3, 0.4) is 0 Å². The summed E-state index contributed by atoms with van der Waals surface area (Å²) in [4.78, 5) is 24.9. The summed E-state index contributed by atoms with van der Waals surface area (Å²) in [6.07, 6.45) is 4.08. The Hall–Kier alpha value is -1.10. The molecular weight excluding hydrogens is 234 g/mol. The molecule has 2 saturated carbocycles. The van der Waals surface area contributed by atoms with Gasteiger partial charge in [-0.05, 0) is 24.7 Å². The number of carboxylic acids is 1. The summed E-state index contributed by atoms with van der Waals surface area (Å²) in [5, 5.41) is 18.7. The Morgan fingerprint density at radius 2 is 1.72 bits per heavy atom. The van der Waals surface area contributed by atoms with Gasteiger partial charge in [-0.25, -0.2) is 4.79 Å². The lowest BCUT2D eigenvalue weighted by Gasteiger charge is -2.21. The Morgan fingerprint density at radius 3 is 2.28 bits per heavy atom. The summed E-state index contributed by atoms with van der Waals surface area (Å²) in [5.41, 5.74) is 0. The molecule has 0 radical (unpaired) electrons. The lowest BCUT2D eigenvalue weighted by Crippen LogP contribution is -2.41. The van der Waals surface area contributed by atoms with E-state index in [1.54, 1.807) is 0 Å². The van der Waals surface area contributed by atoms with Gasteiger partial charge in [0.05, 0.1) is 6.10 Å². The first-order chi connectivity index (χ1) is 8.59. The van der Waals surface area contributed by atoms with Gasteiger partial charge in [-0.15, -0.1) is 0 Å². The number of nitrogens with zero attached hydrogens (tertiary/aromatic N) is 1. The van der Waals surface area contributed by atoms with E-state index in [4.69, 9.17) is 5.11 Å². The zero-order chi connectivity index (χ0) is 12.9. The zero-order valence-corrected chi connectivity index (χ0v) is 10.3. The quantitative estimate of drug-likeness (QED) is 0.750. The summed E-state index contributed by atoms with van der Waals surface area (Å²) in [6, 6.07) is -0.824. The van der Waals surface area contributed by atoms with E-state index in [0.717, 1.165) is 12.8 Å². The number of aliphatic hydroxyl groups excluding tert-OH is 1. The van der Waals surface area contributed by atoms with Crippen molar-refractivity contribution in [3.05, 3.63) is 0 Å². The highest BCUT2D eigenvalue weighted by Gasteiger charge is 2.57. The SMILES string of the molecule is O=C(O)[C@@H]1C[C@@H](O)CN1C(=O)C1C2CCCCC21. The number of aliphatic hydroxyl groups is 1. The van der Waals surface area contributed by atoms with Crippen molar-refractivity contribution >= 4 is 11.9 Å². The van der Waals surface area contributed by atoms with Crippen LogP contribution < -0.4 is 0 Å². The molecule has 4 atom stereocenters. The van der Waals surface area contributed by atoms with E-state index in [9.17, 15) is 14.7 Å². The molecule has 3 rings (SSSR count). The lowest BCUT2D eigenvalue weighted by atomic mass is 10.0. The summed E-state index contributed by atoms with van der Waals surface area (Å²) in [5.74, 6) is -0.0177. The van der Waals surface area contributed by atoms with Gasteiger partial charge in [0.25, 0.3) is 0 Å². The molecule has 5 nitrogen and oxygen atoms in total. The Bertz CT molecular complexity index is 371. The minimum Gasteiger partial charge on any atom is -0.480 e. The van der Waals surface area contributed by atoms with Gasteiger partial charge in [-0.2, -0.15) is 0 Å². The maximum Gasteiger partial charge on any atom is 0.326 e. The van der Waals surface area contributed by atoms with E-state index in [1.807, 2.05) is 0 Å². The molecular formula is C13H19NO4. The average molecular weight is 253 g/mol. The highest BCUT2D eigenvalue weighted by atomic mass is 16.4. The Morgan fingerprint density at radius 1 is 1.11 bits per heavy atom. The molecule has 2 N–H and O–H groups in total. The second-order valence-corrected chi connectivity index (χ2v) is 5.87. The number of carboxylic acid groups (broad SMARTS) is 1. The van der Waals surface area contributed by atoms with E-state index >= 15 is 0 Å². The summed E-state index contributed by atoms with van der Waals surface area (Å²) in [7, 11) is 0. The molecule has 2 unspecified atom stereocenters. The molecule has 3 fully saturated rings. The molecule has 0 spiro atoms. The largest absolute Gasteiger partial charge is 0.480 e. The first-order valence-electron chi connectivity index (χ1n) is 6.81. The molecule has 100 valence electrons. The third-order valence-electron chi connectivity index (χ3n) is 4.79. The minimum atomic E-state index is -0.997. The average Bonchev–Trinajstić information content (AvgIpc) is 2.94. The predicted octanol–water partition coefficient (Wildman–Crippen LogP) is 0.469. The van der Waals surface area contributed by atoms with Crippen molar-refractivity contribution in [1.29, 1.82) is 0 Å². The molecule has 0 aromatic carbocycles. The normalized spacial score (nSPS) is 42.5. The van der Waals surface area contributed by atoms with Crippen LogP contribution in [0.4, 0.5) is 0 Å². The third-order valence-corrected chi connectivity index (χ3v) is 4.79. The molecule has 1 aliphatic heterocycles. The molecule has 1 heterocycles. The van der Waals surface area contributed by atoms with Gasteiger partial charge >= 0.3 is 5.97 Å². The van der Waals surface area contributed by atoms with Gasteiger partial charge in [-0.1, -0.05) is 12.8 Å². The maximum atomic E-state index is 12.4. The van der Waals surface area contributed by atoms with Crippen LogP contribution in [0.2, 0.25) is 0 Å². The van der Waals surface area contributed by atoms with Crippen molar-refractivity contribution < 1.29 is 19.8 Å². The van der Waals surface area contributed by atoms with Crippen LogP contribution in [0, 0.1) is 17.8 Å². The highest BCUT2D eigenvalue weighted by molar-refractivity contribution is 5.88. The van der Waals surface area contributed by atoms with Crippen molar-refractivity contribution in [2.75, 3.05) is 6.54 Å². The second-order valence-electron chi connectivity index (χ2n) is 5.87. The molecule has 0 bridgehead atoms. The van der Waals surface area contributed by atoms with Crippen molar-refractivity contribution in [2.45, 2.75) is 44.2 Å². The number of aliphatic carboxylic acids is 1. The molecule has 5 heteroatoms. The first-order valence-corrected chi connectivity index (χ1v) is 6.81. The lowest BCUT2D eigenvalue weighted by molar-refractivity contribution is -0.149. The van der Waals surface area contributed by atoms with E-state index in [0.29, 0.717) is 11.8 Å². The fourth-order valence-electron chi connectivity index (χ4n) is 3.84. The molecule has 0 aromatic rings. The Kier molecular flexibility index (Phi) is 2.81. The first kappa shape index (κ1) is 12.0. The minimum absolute atomic E-state index is 0.0316. The Labute approximate surface area is 106 Å². The molecule has 1 saturated heterocycles. The van der Waals surface area contributed by atoms with Crippen LogP contribution >= 0.6 is 0 Å². The van der Waals surface area contributed by atoms with Gasteiger partial charge in [0.2, 0.25) is 5.91 Å². The van der Waals surface area contributed by atoms with Crippen molar-refractivity contribution in [3.8, 4) is 0 Å². The number of rotatable bonds is 2. The van der Waals surface area contributed by atoms with Crippen molar-refractivity contribution in [1.82, 2.24) is 4.90 Å². The van der Waals surface area contributed by atoms with Gasteiger partial charge in [0.15, 0.2) is 0 Å². The fraction of sp³-hybridized carbons (Fsp3) is 0.846. The van der Waals surface area contributed by atoms with Gasteiger partial charge in [-0.3, -0.25) is 4.79 Å². The summed E-state index contributed by atoms with van der Waals surface area (Å²) in [6.45, 7) is 0.186. The number of hydrogen-bond donors (Lipinski definition) is 2. The zero-order valence-electron chi connectivity index (χ0n) is 10.3. The van der Waals surface area contributed by atoms with Crippen molar-refractivity contribution in [3.63, 3.8) is 0 Å². The van der Waals surface area contributed by atoms with Crippen LogP contribution in [0.25, 0.3) is 0 Å². The molecule has 18 heavy (non-hydrogen) atoms. The van der Waals surface area contributed by atoms with E-state index in [2.05, 4.69) is 0 Å². The molecule has 2 aliphatic carbocycles. The summed E-state index contributed by atoms with van der Waals surface area (Å²) < 4.78 is 0. The number of hydrogen-bond acceptors (Lipinski definition) is 3. The molecule has 3 aliphatic rings. The number of β-amino-alcohol motifs (C(OH)–C–C–N with tert-alkyl or cyclic N) is 1. The number of carbonyl (C=O) groups excluding carboxylic acids is 1.